The molecule has 0 heterocycles. The zero-order chi connectivity index (χ0) is 13.7. The summed E-state index contributed by atoms with van der Waals surface area (Å²) < 4.78 is 12.2. The van der Waals surface area contributed by atoms with E-state index in [1.54, 1.807) is 25.1 Å². The molecule has 0 aliphatic heterocycles. The van der Waals surface area contributed by atoms with Gasteiger partial charge in [0.1, 0.15) is 5.75 Å². The molecule has 2 N–H and O–H groups in total. The minimum Gasteiger partial charge on any atom is -0.506 e. The fourth-order valence-electron chi connectivity index (χ4n) is 1.25. The summed E-state index contributed by atoms with van der Waals surface area (Å²) in [6.45, 7) is 3.69. The molecule has 0 bridgehead atoms. The van der Waals surface area contributed by atoms with Gasteiger partial charge in [0, 0.05) is 0 Å². The molecule has 0 atom stereocenters. The molecule has 18 heavy (non-hydrogen) atoms. The number of aromatic hydroxyl groups is 2. The second-order valence-electron chi connectivity index (χ2n) is 3.91. The predicted molar refractivity (Wildman–Crippen MR) is 70.7 cm³/mol. The fraction of sp³-hybridized carbons (Fsp3) is 0.143. The summed E-state index contributed by atoms with van der Waals surface area (Å²) in [4.78, 5) is 0. The minimum absolute atomic E-state index is 0.150. The fourth-order valence-corrected chi connectivity index (χ4v) is 1.36. The Labute approximate surface area is 110 Å². The van der Waals surface area contributed by atoms with E-state index in [1.807, 2.05) is 13.0 Å². The third-order valence-electron chi connectivity index (χ3n) is 2.20. The topological polar surface area (TPSA) is 40.5 Å². The number of rotatable bonds is 0. The third kappa shape index (κ3) is 4.26. The molecule has 2 nitrogen and oxygen atoms in total. The highest BCUT2D eigenvalue weighted by Gasteiger charge is 1.96. The summed E-state index contributed by atoms with van der Waals surface area (Å²) >= 11 is 5.53. The molecule has 96 valence electrons. The molecule has 4 heteroatoms. The molecular weight excluding hydrogens is 255 g/mol. The first kappa shape index (κ1) is 14.3. The van der Waals surface area contributed by atoms with E-state index < -0.39 is 5.82 Å². The van der Waals surface area contributed by atoms with Crippen LogP contribution < -0.4 is 0 Å². The van der Waals surface area contributed by atoms with Crippen molar-refractivity contribution in [3.63, 3.8) is 0 Å². The first-order chi connectivity index (χ1) is 8.40. The van der Waals surface area contributed by atoms with Crippen molar-refractivity contribution in [3.05, 3.63) is 58.4 Å². The lowest BCUT2D eigenvalue weighted by atomic mass is 10.2. The maximum absolute atomic E-state index is 12.2. The molecule has 0 saturated carbocycles. The van der Waals surface area contributed by atoms with Crippen LogP contribution in [0.2, 0.25) is 5.02 Å². The largest absolute Gasteiger partial charge is 0.506 e. The molecular formula is C14H14ClFO2. The molecule has 0 unspecified atom stereocenters. The number of aryl methyl sites for hydroxylation is 2. The molecule has 0 aliphatic carbocycles. The number of phenols is 2. The predicted octanol–water partition coefficient (Wildman–Crippen LogP) is 4.19. The highest BCUT2D eigenvalue weighted by molar-refractivity contribution is 6.31. The van der Waals surface area contributed by atoms with E-state index in [0.717, 1.165) is 11.1 Å². The van der Waals surface area contributed by atoms with E-state index in [2.05, 4.69) is 0 Å². The molecule has 0 radical (unpaired) electrons. The van der Waals surface area contributed by atoms with Crippen LogP contribution in [0.1, 0.15) is 11.1 Å². The summed E-state index contributed by atoms with van der Waals surface area (Å²) in [5, 5.41) is 18.1. The van der Waals surface area contributed by atoms with Gasteiger partial charge in [0.2, 0.25) is 0 Å². The van der Waals surface area contributed by atoms with Crippen molar-refractivity contribution in [2.45, 2.75) is 13.8 Å². The Morgan fingerprint density at radius 3 is 1.78 bits per heavy atom. The molecule has 0 aliphatic rings. The standard InChI is InChI=1S/C7H7ClO.C7H7FO/c2*1-5-2-3-6(8)7(9)4-5/h2*2-4,9H,1H3. The highest BCUT2D eigenvalue weighted by Crippen LogP contribution is 2.22. The Balaban J connectivity index is 0.000000180. The average molecular weight is 269 g/mol. The van der Waals surface area contributed by atoms with Gasteiger partial charge < -0.3 is 10.2 Å². The second-order valence-corrected chi connectivity index (χ2v) is 4.32. The third-order valence-corrected chi connectivity index (χ3v) is 2.52. The average Bonchev–Trinajstić information content (AvgIpc) is 2.30. The number of hydrogen-bond acceptors (Lipinski definition) is 2. The smallest absolute Gasteiger partial charge is 0.164 e. The monoisotopic (exact) mass is 268 g/mol. The Kier molecular flexibility index (Phi) is 4.98. The van der Waals surface area contributed by atoms with Crippen molar-refractivity contribution in [1.82, 2.24) is 0 Å². The second kappa shape index (κ2) is 6.26. The Hall–Kier alpha value is -1.74. The first-order valence-electron chi connectivity index (χ1n) is 5.30. The lowest BCUT2D eigenvalue weighted by Gasteiger charge is -1.95. The van der Waals surface area contributed by atoms with Crippen LogP contribution in [-0.2, 0) is 0 Å². The molecule has 0 saturated heterocycles. The van der Waals surface area contributed by atoms with Gasteiger partial charge in [-0.1, -0.05) is 23.7 Å². The van der Waals surface area contributed by atoms with Gasteiger partial charge in [0.25, 0.3) is 0 Å². The van der Waals surface area contributed by atoms with Gasteiger partial charge in [-0.05, 0) is 49.2 Å². The van der Waals surface area contributed by atoms with Crippen molar-refractivity contribution in [3.8, 4) is 11.5 Å². The molecule has 2 rings (SSSR count). The zero-order valence-corrected chi connectivity index (χ0v) is 10.9. The number of halogens is 2. The van der Waals surface area contributed by atoms with Crippen LogP contribution in [0.4, 0.5) is 4.39 Å². The molecule has 2 aromatic carbocycles. The summed E-state index contributed by atoms with van der Waals surface area (Å²) in [5.74, 6) is -0.702. The Bertz CT molecular complexity index is 492. The van der Waals surface area contributed by atoms with Crippen molar-refractivity contribution in [2.24, 2.45) is 0 Å². The highest BCUT2D eigenvalue weighted by atomic mass is 35.5. The molecule has 2 aromatic rings. The maximum atomic E-state index is 12.2. The number of hydrogen-bond donors (Lipinski definition) is 2. The summed E-state index contributed by atoms with van der Waals surface area (Å²) in [6.07, 6.45) is 0. The minimum atomic E-state index is -0.569. The van der Waals surface area contributed by atoms with E-state index in [9.17, 15) is 4.39 Å². The van der Waals surface area contributed by atoms with Gasteiger partial charge in [0.05, 0.1) is 5.02 Å². The number of phenolic OH excluding ortho intramolecular Hbond substituents is 2. The van der Waals surface area contributed by atoms with Crippen molar-refractivity contribution >= 4 is 11.6 Å². The van der Waals surface area contributed by atoms with Crippen LogP contribution in [0.15, 0.2) is 36.4 Å². The van der Waals surface area contributed by atoms with E-state index >= 15 is 0 Å². The molecule has 0 amide bonds. The quantitative estimate of drug-likeness (QED) is 0.752. The van der Waals surface area contributed by atoms with Gasteiger partial charge in [-0.2, -0.15) is 0 Å². The molecule has 0 spiro atoms. The van der Waals surface area contributed by atoms with Crippen LogP contribution in [-0.4, -0.2) is 10.2 Å². The summed E-state index contributed by atoms with van der Waals surface area (Å²) in [5.41, 5.74) is 1.87. The van der Waals surface area contributed by atoms with E-state index in [-0.39, 0.29) is 11.5 Å². The summed E-state index contributed by atoms with van der Waals surface area (Å²) in [7, 11) is 0. The van der Waals surface area contributed by atoms with Gasteiger partial charge in [-0.15, -0.1) is 0 Å². The van der Waals surface area contributed by atoms with Gasteiger partial charge in [-0.25, -0.2) is 4.39 Å². The Morgan fingerprint density at radius 2 is 1.39 bits per heavy atom. The van der Waals surface area contributed by atoms with Gasteiger partial charge in [-0.3, -0.25) is 0 Å². The zero-order valence-electron chi connectivity index (χ0n) is 10.1. The lowest BCUT2D eigenvalue weighted by Crippen LogP contribution is -1.75. The van der Waals surface area contributed by atoms with Crippen LogP contribution in [0.25, 0.3) is 0 Å². The first-order valence-corrected chi connectivity index (χ1v) is 5.68. The van der Waals surface area contributed by atoms with Crippen molar-refractivity contribution in [1.29, 1.82) is 0 Å². The van der Waals surface area contributed by atoms with Crippen LogP contribution in [0.5, 0.6) is 11.5 Å². The van der Waals surface area contributed by atoms with Crippen molar-refractivity contribution in [2.75, 3.05) is 0 Å². The van der Waals surface area contributed by atoms with E-state index in [4.69, 9.17) is 21.8 Å². The molecule has 0 aromatic heterocycles. The van der Waals surface area contributed by atoms with Crippen molar-refractivity contribution < 1.29 is 14.6 Å². The Morgan fingerprint density at radius 1 is 0.889 bits per heavy atom. The number of benzene rings is 2. The van der Waals surface area contributed by atoms with Gasteiger partial charge in [0.15, 0.2) is 11.6 Å². The van der Waals surface area contributed by atoms with E-state index in [0.29, 0.717) is 5.02 Å². The maximum Gasteiger partial charge on any atom is 0.164 e. The molecule has 0 fully saturated rings. The van der Waals surface area contributed by atoms with Crippen LogP contribution >= 0.6 is 11.6 Å². The van der Waals surface area contributed by atoms with E-state index in [1.165, 1.54) is 12.1 Å². The summed E-state index contributed by atoms with van der Waals surface area (Å²) in [6, 6.07) is 9.38. The van der Waals surface area contributed by atoms with Crippen LogP contribution in [0.3, 0.4) is 0 Å². The lowest BCUT2D eigenvalue weighted by molar-refractivity contribution is 0.432. The SMILES string of the molecule is Cc1ccc(Cl)c(O)c1.Cc1ccc(F)c(O)c1. The van der Waals surface area contributed by atoms with Gasteiger partial charge >= 0.3 is 0 Å². The normalized spacial score (nSPS) is 9.56. The van der Waals surface area contributed by atoms with Crippen LogP contribution in [0, 0.1) is 19.7 Å².